The number of aliphatic hydroxyl groups is 1. The van der Waals surface area contributed by atoms with Crippen LogP contribution in [0, 0.1) is 5.92 Å². The van der Waals surface area contributed by atoms with E-state index in [0.29, 0.717) is 12.0 Å². The molecule has 3 rings (SSSR count). The fourth-order valence-electron chi connectivity index (χ4n) is 4.00. The Morgan fingerprint density at radius 3 is 2.86 bits per heavy atom. The zero-order chi connectivity index (χ0) is 14.8. The van der Waals surface area contributed by atoms with E-state index in [1.807, 2.05) is 6.20 Å². The Balaban J connectivity index is 1.69. The van der Waals surface area contributed by atoms with Gasteiger partial charge in [-0.15, -0.1) is 0 Å². The highest BCUT2D eigenvalue weighted by Gasteiger charge is 2.26. The smallest absolute Gasteiger partial charge is 0.109 e. The predicted octanol–water partition coefficient (Wildman–Crippen LogP) is 2.42. The first-order valence-electron chi connectivity index (χ1n) is 8.58. The molecule has 1 aromatic rings. The van der Waals surface area contributed by atoms with Crippen LogP contribution in [0.2, 0.25) is 0 Å². The third-order valence-electron chi connectivity index (χ3n) is 5.29. The summed E-state index contributed by atoms with van der Waals surface area (Å²) in [7, 11) is 0. The molecule has 0 aliphatic carbocycles. The lowest BCUT2D eigenvalue weighted by Crippen LogP contribution is -2.40. The molecule has 2 aliphatic rings. The Morgan fingerprint density at radius 2 is 2.10 bits per heavy atom. The summed E-state index contributed by atoms with van der Waals surface area (Å²) in [4.78, 5) is 7.30. The van der Waals surface area contributed by atoms with Crippen LogP contribution in [0.25, 0.3) is 0 Å². The molecule has 1 N–H and O–H groups in total. The summed E-state index contributed by atoms with van der Waals surface area (Å²) >= 11 is 0. The van der Waals surface area contributed by atoms with E-state index in [2.05, 4.69) is 23.3 Å². The molecule has 0 radical (unpaired) electrons. The second-order valence-corrected chi connectivity index (χ2v) is 7.07. The third kappa shape index (κ3) is 3.16. The minimum atomic E-state index is 0.260. The van der Waals surface area contributed by atoms with Crippen molar-refractivity contribution in [2.24, 2.45) is 5.92 Å². The van der Waals surface area contributed by atoms with E-state index in [1.165, 1.54) is 43.9 Å². The van der Waals surface area contributed by atoms with Crippen LogP contribution in [0.5, 0.6) is 0 Å². The molecule has 0 spiro atoms. The molecule has 2 unspecified atom stereocenters. The molecule has 0 bridgehead atoms. The second-order valence-electron chi connectivity index (χ2n) is 7.07. The molecule has 118 valence electrons. The fraction of sp³-hybridized carbons (Fsp3) is 0.824. The lowest BCUT2D eigenvalue weighted by Gasteiger charge is -2.35. The SMILES string of the molecule is CC(C)N1CCCC(Cc2ncc3n2CCCC3CO)C1. The van der Waals surface area contributed by atoms with Gasteiger partial charge in [-0.2, -0.15) is 0 Å². The highest BCUT2D eigenvalue weighted by atomic mass is 16.3. The molecule has 4 heteroatoms. The number of hydrogen-bond acceptors (Lipinski definition) is 3. The van der Waals surface area contributed by atoms with Gasteiger partial charge in [0.05, 0.1) is 6.61 Å². The number of aromatic nitrogens is 2. The molecule has 2 atom stereocenters. The molecule has 1 fully saturated rings. The highest BCUT2D eigenvalue weighted by Crippen LogP contribution is 2.29. The maximum atomic E-state index is 9.52. The van der Waals surface area contributed by atoms with Crippen molar-refractivity contribution in [3.05, 3.63) is 17.7 Å². The number of imidazole rings is 1. The Labute approximate surface area is 128 Å². The number of nitrogens with zero attached hydrogens (tertiary/aromatic N) is 3. The molecule has 0 saturated carbocycles. The number of hydrogen-bond donors (Lipinski definition) is 1. The lowest BCUT2D eigenvalue weighted by atomic mass is 9.93. The first-order chi connectivity index (χ1) is 10.2. The molecule has 0 amide bonds. The Morgan fingerprint density at radius 1 is 1.29 bits per heavy atom. The lowest BCUT2D eigenvalue weighted by molar-refractivity contribution is 0.138. The van der Waals surface area contributed by atoms with Crippen LogP contribution in [0.3, 0.4) is 0 Å². The molecular formula is C17H29N3O. The van der Waals surface area contributed by atoms with Crippen LogP contribution in [-0.4, -0.2) is 45.3 Å². The van der Waals surface area contributed by atoms with Crippen LogP contribution in [0.15, 0.2) is 6.20 Å². The number of piperidine rings is 1. The van der Waals surface area contributed by atoms with Gasteiger partial charge in [-0.3, -0.25) is 0 Å². The van der Waals surface area contributed by atoms with E-state index in [9.17, 15) is 5.11 Å². The van der Waals surface area contributed by atoms with Gasteiger partial charge in [-0.25, -0.2) is 4.98 Å². The maximum Gasteiger partial charge on any atom is 0.109 e. The summed E-state index contributed by atoms with van der Waals surface area (Å²) in [6.07, 6.45) is 8.03. The number of likely N-dealkylation sites (tertiary alicyclic amines) is 1. The van der Waals surface area contributed by atoms with Crippen molar-refractivity contribution in [1.29, 1.82) is 0 Å². The minimum Gasteiger partial charge on any atom is -0.396 e. The minimum absolute atomic E-state index is 0.260. The average Bonchev–Trinajstić information content (AvgIpc) is 2.90. The zero-order valence-electron chi connectivity index (χ0n) is 13.5. The molecule has 3 heterocycles. The molecule has 1 aromatic heterocycles. The summed E-state index contributed by atoms with van der Waals surface area (Å²) in [5.41, 5.74) is 1.26. The summed E-state index contributed by atoms with van der Waals surface area (Å²) in [6, 6.07) is 0.653. The normalized spacial score (nSPS) is 27.0. The van der Waals surface area contributed by atoms with Crippen LogP contribution in [0.4, 0.5) is 0 Å². The van der Waals surface area contributed by atoms with Gasteiger partial charge in [0.15, 0.2) is 0 Å². The van der Waals surface area contributed by atoms with E-state index < -0.39 is 0 Å². The molecule has 1 saturated heterocycles. The van der Waals surface area contributed by atoms with Crippen molar-refractivity contribution in [2.75, 3.05) is 19.7 Å². The van der Waals surface area contributed by atoms with Crippen LogP contribution in [0.1, 0.15) is 57.0 Å². The average molecular weight is 291 g/mol. The van der Waals surface area contributed by atoms with Gasteiger partial charge < -0.3 is 14.6 Å². The quantitative estimate of drug-likeness (QED) is 0.926. The number of aliphatic hydroxyl groups excluding tert-OH is 1. The summed E-state index contributed by atoms with van der Waals surface area (Å²) in [6.45, 7) is 8.40. The third-order valence-corrected chi connectivity index (χ3v) is 5.29. The topological polar surface area (TPSA) is 41.3 Å². The van der Waals surface area contributed by atoms with Crippen molar-refractivity contribution in [3.8, 4) is 0 Å². The van der Waals surface area contributed by atoms with Gasteiger partial charge in [0, 0.05) is 43.4 Å². The molecule has 0 aromatic carbocycles. The van der Waals surface area contributed by atoms with Gasteiger partial charge in [-0.05, 0) is 52.0 Å². The van der Waals surface area contributed by atoms with Gasteiger partial charge in [0.25, 0.3) is 0 Å². The first kappa shape index (κ1) is 15.0. The van der Waals surface area contributed by atoms with Gasteiger partial charge in [-0.1, -0.05) is 0 Å². The van der Waals surface area contributed by atoms with Crippen LogP contribution >= 0.6 is 0 Å². The van der Waals surface area contributed by atoms with E-state index in [1.54, 1.807) is 0 Å². The van der Waals surface area contributed by atoms with E-state index in [4.69, 9.17) is 4.98 Å². The van der Waals surface area contributed by atoms with Crippen molar-refractivity contribution >= 4 is 0 Å². The van der Waals surface area contributed by atoms with Crippen molar-refractivity contribution in [3.63, 3.8) is 0 Å². The standard InChI is InChI=1S/C17H29N3O/c1-13(2)19-7-3-5-14(11-19)9-17-18-10-16-15(12-21)6-4-8-20(16)17/h10,13-15,21H,3-9,11-12H2,1-2H3. The first-order valence-corrected chi connectivity index (χ1v) is 8.58. The van der Waals surface area contributed by atoms with E-state index in [-0.39, 0.29) is 6.61 Å². The second kappa shape index (κ2) is 6.49. The zero-order valence-corrected chi connectivity index (χ0v) is 13.5. The van der Waals surface area contributed by atoms with Crippen molar-refractivity contribution in [2.45, 2.75) is 64.5 Å². The highest BCUT2D eigenvalue weighted by molar-refractivity contribution is 5.14. The Hall–Kier alpha value is -0.870. The number of rotatable bonds is 4. The summed E-state index contributed by atoms with van der Waals surface area (Å²) < 4.78 is 2.39. The molecule has 2 aliphatic heterocycles. The van der Waals surface area contributed by atoms with Crippen molar-refractivity contribution in [1.82, 2.24) is 14.5 Å². The summed E-state index contributed by atoms with van der Waals surface area (Å²) in [5.74, 6) is 2.29. The van der Waals surface area contributed by atoms with Crippen LogP contribution in [-0.2, 0) is 13.0 Å². The Kier molecular flexibility index (Phi) is 4.65. The molecule has 4 nitrogen and oxygen atoms in total. The van der Waals surface area contributed by atoms with E-state index >= 15 is 0 Å². The van der Waals surface area contributed by atoms with Gasteiger partial charge in [0.2, 0.25) is 0 Å². The largest absolute Gasteiger partial charge is 0.396 e. The Bertz CT molecular complexity index is 469. The van der Waals surface area contributed by atoms with E-state index in [0.717, 1.165) is 25.3 Å². The monoisotopic (exact) mass is 291 g/mol. The molecule has 21 heavy (non-hydrogen) atoms. The van der Waals surface area contributed by atoms with Crippen molar-refractivity contribution < 1.29 is 5.11 Å². The maximum absolute atomic E-state index is 9.52. The summed E-state index contributed by atoms with van der Waals surface area (Å²) in [5, 5.41) is 9.52. The van der Waals surface area contributed by atoms with Gasteiger partial charge in [0.1, 0.15) is 5.82 Å². The number of fused-ring (bicyclic) bond motifs is 1. The van der Waals surface area contributed by atoms with Crippen LogP contribution < -0.4 is 0 Å². The predicted molar refractivity (Wildman–Crippen MR) is 84.4 cm³/mol. The fourth-order valence-corrected chi connectivity index (χ4v) is 4.00. The van der Waals surface area contributed by atoms with Gasteiger partial charge >= 0.3 is 0 Å². The molecular weight excluding hydrogens is 262 g/mol.